The Hall–Kier alpha value is -5.09. The normalized spacial score (nSPS) is 28.4. The molecule has 4 heterocycles. The number of aliphatic hydroxyl groups excluding tert-OH is 1. The van der Waals surface area contributed by atoms with Crippen molar-refractivity contribution in [1.82, 2.24) is 0 Å². The van der Waals surface area contributed by atoms with E-state index < -0.39 is 72.2 Å². The number of benzene rings is 3. The topological polar surface area (TPSA) is 221 Å². The second-order valence-corrected chi connectivity index (χ2v) is 19.3. The fraction of sp³-hybridized carbons (Fsp3) is 0.491. The second kappa shape index (κ2) is 29.0. The molecular weight excluding hydrogens is 996 g/mol. The van der Waals surface area contributed by atoms with Crippen LogP contribution in [0.3, 0.4) is 0 Å². The van der Waals surface area contributed by atoms with Crippen molar-refractivity contribution in [2.75, 3.05) is 42.0 Å². The molecule has 0 radical (unpaired) electrons. The molecular formula is C57H73NaO18. The number of hydrogen-bond donors (Lipinski definition) is 1. The molecule has 18 nitrogen and oxygen atoms in total. The molecule has 0 bridgehead atoms. The second-order valence-electron chi connectivity index (χ2n) is 19.3. The first kappa shape index (κ1) is 63.4. The predicted molar refractivity (Wildman–Crippen MR) is 276 cm³/mol. The van der Waals surface area contributed by atoms with Crippen LogP contribution < -0.4 is 48.5 Å². The number of cyclic esters (lactones) is 2. The molecule has 2 fully saturated rings. The van der Waals surface area contributed by atoms with E-state index in [1.165, 1.54) is 21.3 Å². The summed E-state index contributed by atoms with van der Waals surface area (Å²) >= 11 is 0. The third-order valence-corrected chi connectivity index (χ3v) is 12.7. The van der Waals surface area contributed by atoms with Gasteiger partial charge in [-0.25, -0.2) is 14.4 Å². The molecule has 0 aliphatic carbocycles. The molecule has 7 rings (SSSR count). The Morgan fingerprint density at radius 3 is 1.54 bits per heavy atom. The third-order valence-electron chi connectivity index (χ3n) is 12.7. The molecule has 3 aromatic carbocycles. The molecule has 4 unspecified atom stereocenters. The van der Waals surface area contributed by atoms with Gasteiger partial charge >= 0.3 is 47.5 Å². The fourth-order valence-corrected chi connectivity index (χ4v) is 8.59. The summed E-state index contributed by atoms with van der Waals surface area (Å²) in [6.45, 7) is 14.7. The molecule has 2 N–H and O–H groups in total. The number of methoxy groups -OCH3 is 4. The van der Waals surface area contributed by atoms with Crippen LogP contribution in [0.25, 0.3) is 12.2 Å². The van der Waals surface area contributed by atoms with E-state index in [2.05, 4.69) is 0 Å². The Kier molecular flexibility index (Phi) is 24.2. The molecule has 3 aromatic rings. The maximum absolute atomic E-state index is 13.5. The Morgan fingerprint density at radius 2 is 1.08 bits per heavy atom. The molecule has 10 atom stereocenters. The number of hydrogen-bond acceptors (Lipinski definition) is 18. The molecule has 4 aliphatic rings. The summed E-state index contributed by atoms with van der Waals surface area (Å²) in [6, 6.07) is 15.5. The number of carbonyl (C=O) groups is 3. The summed E-state index contributed by atoms with van der Waals surface area (Å²) in [5, 5.41) is 10.8. The maximum Gasteiger partial charge on any atom is 1.00 e. The van der Waals surface area contributed by atoms with Gasteiger partial charge in [0.25, 0.3) is 0 Å². The zero-order valence-corrected chi connectivity index (χ0v) is 47.8. The first-order valence-corrected chi connectivity index (χ1v) is 24.7. The van der Waals surface area contributed by atoms with E-state index in [1.807, 2.05) is 71.9 Å². The maximum atomic E-state index is 13.5. The van der Waals surface area contributed by atoms with Crippen LogP contribution in [-0.4, -0.2) is 131 Å². The van der Waals surface area contributed by atoms with Crippen molar-refractivity contribution in [2.24, 2.45) is 11.8 Å². The molecule has 0 spiro atoms. The van der Waals surface area contributed by atoms with Crippen molar-refractivity contribution < 1.29 is 116 Å². The summed E-state index contributed by atoms with van der Waals surface area (Å²) < 4.78 is 74.6. The van der Waals surface area contributed by atoms with Crippen LogP contribution in [0, 0.1) is 11.8 Å². The van der Waals surface area contributed by atoms with Gasteiger partial charge in [0, 0.05) is 38.2 Å². The minimum absolute atomic E-state index is 0. The first-order chi connectivity index (χ1) is 35.3. The molecule has 4 aliphatic heterocycles. The minimum Gasteiger partial charge on any atom is -0.870 e. The fourth-order valence-electron chi connectivity index (χ4n) is 8.59. The number of aliphatic hydroxyl groups is 1. The quantitative estimate of drug-likeness (QED) is 0.0794. The van der Waals surface area contributed by atoms with E-state index in [4.69, 9.17) is 61.6 Å². The van der Waals surface area contributed by atoms with Crippen molar-refractivity contribution >= 4 is 30.1 Å². The first-order valence-electron chi connectivity index (χ1n) is 24.7. The zero-order valence-electron chi connectivity index (χ0n) is 45.8. The SMILES string of the molecule is COCOc1cc(OC)cc2c1C(=O)O[C@@H](C)[C@H](C)/C=C\C(O)C1OC(C)(C)O[C@H]1C/C=C/2.COCOc1cc(OC)cc2c1C(=O)O[C@@H](C)[C@H](C)/C=C\C(OC(=O)c1ccccc1)C1OC(C)(C)O[C@H]1C/C=C/2.[Na+].[OH-]. The summed E-state index contributed by atoms with van der Waals surface area (Å²) in [6.07, 6.45) is 10.9. The van der Waals surface area contributed by atoms with Crippen LogP contribution in [0.15, 0.2) is 91.1 Å². The summed E-state index contributed by atoms with van der Waals surface area (Å²) in [5.74, 6) is -2.01. The summed E-state index contributed by atoms with van der Waals surface area (Å²) in [4.78, 5) is 39.8. The van der Waals surface area contributed by atoms with Gasteiger partial charge in [0.1, 0.15) is 70.7 Å². The Labute approximate surface area is 468 Å². The summed E-state index contributed by atoms with van der Waals surface area (Å²) in [5.41, 5.74) is 2.10. The van der Waals surface area contributed by atoms with Crippen molar-refractivity contribution in [3.05, 3.63) is 119 Å². The number of fused-ring (bicyclic) bond motifs is 4. The van der Waals surface area contributed by atoms with E-state index in [0.717, 1.165) is 0 Å². The van der Waals surface area contributed by atoms with Gasteiger partial charge in [-0.2, -0.15) is 0 Å². The van der Waals surface area contributed by atoms with Crippen LogP contribution in [0.1, 0.15) is 110 Å². The van der Waals surface area contributed by atoms with E-state index >= 15 is 0 Å². The van der Waals surface area contributed by atoms with Crippen LogP contribution in [0.5, 0.6) is 23.0 Å². The van der Waals surface area contributed by atoms with Crippen LogP contribution >= 0.6 is 0 Å². The largest absolute Gasteiger partial charge is 1.00 e. The van der Waals surface area contributed by atoms with Crippen molar-refractivity contribution in [3.63, 3.8) is 0 Å². The number of ether oxygens (including phenoxy) is 13. The molecule has 0 saturated carbocycles. The average molecular weight is 1070 g/mol. The predicted octanol–water partition coefficient (Wildman–Crippen LogP) is 6.12. The van der Waals surface area contributed by atoms with Crippen molar-refractivity contribution in [3.8, 4) is 23.0 Å². The van der Waals surface area contributed by atoms with Gasteiger partial charge in [-0.15, -0.1) is 0 Å². The monoisotopic (exact) mass is 1070 g/mol. The van der Waals surface area contributed by atoms with Crippen LogP contribution in [0.4, 0.5) is 0 Å². The zero-order chi connectivity index (χ0) is 53.7. The van der Waals surface area contributed by atoms with Gasteiger partial charge in [-0.05, 0) is 95.9 Å². The number of rotatable bonds is 10. The summed E-state index contributed by atoms with van der Waals surface area (Å²) in [7, 11) is 6.08. The minimum atomic E-state index is -0.900. The van der Waals surface area contributed by atoms with Crippen molar-refractivity contribution in [2.45, 2.75) is 129 Å². The van der Waals surface area contributed by atoms with Gasteiger partial charge in [0.2, 0.25) is 0 Å². The third kappa shape index (κ3) is 17.0. The van der Waals surface area contributed by atoms with Crippen molar-refractivity contribution in [1.29, 1.82) is 0 Å². The molecule has 2 saturated heterocycles. The molecule has 76 heavy (non-hydrogen) atoms. The molecule has 19 heteroatoms. The van der Waals surface area contributed by atoms with Gasteiger partial charge in [-0.1, -0.05) is 74.6 Å². The van der Waals surface area contributed by atoms with Crippen LogP contribution in [0.2, 0.25) is 0 Å². The average Bonchev–Trinajstić information content (AvgIpc) is 3.86. The smallest absolute Gasteiger partial charge is 0.870 e. The molecule has 0 amide bonds. The number of carbonyl (C=O) groups excluding carboxylic acids is 3. The van der Waals surface area contributed by atoms with Gasteiger partial charge in [-0.3, -0.25) is 0 Å². The van der Waals surface area contributed by atoms with Gasteiger partial charge < -0.3 is 72.2 Å². The van der Waals surface area contributed by atoms with Gasteiger partial charge in [0.15, 0.2) is 25.2 Å². The molecule has 410 valence electrons. The Morgan fingerprint density at radius 1 is 0.632 bits per heavy atom. The van der Waals surface area contributed by atoms with E-state index in [1.54, 1.807) is 93.8 Å². The Bertz CT molecular complexity index is 2500. The van der Waals surface area contributed by atoms with Crippen LogP contribution in [-0.2, 0) is 42.6 Å². The number of esters is 3. The standard InChI is InChI=1S/C32H38O9.C25H34O8.Na.H2O/c1-20-15-16-25(39-30(33)22-11-8-7-9-12-22)29-26(40-32(3,4)41-29)14-10-13-23-17-24(36-6)18-27(37-19-35-5)28(23)31(34)38-21(20)2;1-15-10-11-19(26)23-20(32-25(3,4)33-23)9-7-8-17-12-18(29-6)13-21(30-14-28-5)22(17)24(27)31-16(15)2;;/h7-13,15-18,20-21,25-26,29H,14,19H2,1-6H3;7-8,10-13,15-16,19-20,23,26H,9,14H2,1-6H3;;1H2/q;;+1;/p-1/b13-10+,16-15-;8-7+,11-10-;;/t20-,21+,25?,26+,29?;15-,16+,19?,20+,23?;;/m11../s1. The molecule has 0 aromatic heterocycles. The van der Waals surface area contributed by atoms with E-state index in [-0.39, 0.29) is 83.4 Å². The Balaban J connectivity index is 0.000000327. The van der Waals surface area contributed by atoms with E-state index in [9.17, 15) is 19.5 Å². The van der Waals surface area contributed by atoms with E-state index in [0.29, 0.717) is 46.8 Å². The van der Waals surface area contributed by atoms with Gasteiger partial charge in [0.05, 0.1) is 32.0 Å².